The number of hydrogen-bond acceptors (Lipinski definition) is 10. The van der Waals surface area contributed by atoms with Crippen molar-refractivity contribution >= 4 is 47.0 Å². The predicted octanol–water partition coefficient (Wildman–Crippen LogP) is 2.77. The fourth-order valence-electron chi connectivity index (χ4n) is 4.81. The number of hydrogen-bond donors (Lipinski definition) is 4. The number of benzene rings is 2. The summed E-state index contributed by atoms with van der Waals surface area (Å²) in [5, 5.41) is 8.42. The topological polar surface area (TPSA) is 175 Å². The first kappa shape index (κ1) is 29.7. The molecule has 2 aliphatic heterocycles. The number of anilines is 1. The van der Waals surface area contributed by atoms with Crippen molar-refractivity contribution < 1.29 is 23.9 Å². The number of imidazole rings is 1. The van der Waals surface area contributed by atoms with E-state index in [2.05, 4.69) is 35.9 Å². The first-order valence-corrected chi connectivity index (χ1v) is 14.3. The number of pyridine rings is 1. The summed E-state index contributed by atoms with van der Waals surface area (Å²) in [5.74, 6) is 1.41. The van der Waals surface area contributed by atoms with Crippen molar-refractivity contribution in [1.29, 1.82) is 0 Å². The molecule has 3 amide bonds. The predicted molar refractivity (Wildman–Crippen MR) is 170 cm³/mol. The molecule has 0 atom stereocenters. The normalized spacial score (nSPS) is 13.3. The molecule has 0 aliphatic carbocycles. The first-order chi connectivity index (χ1) is 22.5. The SMILES string of the molecule is COc1c(OCCNC(=O)c2ccc(NC(=O)C=Cc3ncc[nH]3)cc2)ccc2c1N=C(NC(=O)c1cccnc1)N1CCN=C21. The van der Waals surface area contributed by atoms with Gasteiger partial charge in [0.25, 0.3) is 11.8 Å². The average Bonchev–Trinajstić information content (AvgIpc) is 3.80. The fourth-order valence-corrected chi connectivity index (χ4v) is 4.81. The molecule has 2 aromatic carbocycles. The van der Waals surface area contributed by atoms with Gasteiger partial charge in [0.1, 0.15) is 24.0 Å². The minimum Gasteiger partial charge on any atom is -0.491 e. The number of amides is 3. The van der Waals surface area contributed by atoms with Crippen LogP contribution >= 0.6 is 0 Å². The van der Waals surface area contributed by atoms with E-state index in [4.69, 9.17) is 14.5 Å². The highest BCUT2D eigenvalue weighted by molar-refractivity contribution is 6.20. The number of carbonyl (C=O) groups excluding carboxylic acids is 3. The summed E-state index contributed by atoms with van der Waals surface area (Å²) in [6.45, 7) is 1.49. The second-order valence-electron chi connectivity index (χ2n) is 9.96. The number of ether oxygens (including phenoxy) is 2. The molecule has 0 saturated heterocycles. The Morgan fingerprint density at radius 1 is 1.02 bits per heavy atom. The molecule has 0 spiro atoms. The van der Waals surface area contributed by atoms with Gasteiger partial charge >= 0.3 is 0 Å². The molecule has 0 saturated carbocycles. The van der Waals surface area contributed by atoms with Crippen LogP contribution in [0.3, 0.4) is 0 Å². The second-order valence-corrected chi connectivity index (χ2v) is 9.96. The Hall–Kier alpha value is -6.31. The minimum absolute atomic E-state index is 0.151. The van der Waals surface area contributed by atoms with Crippen molar-refractivity contribution in [3.63, 3.8) is 0 Å². The Labute approximate surface area is 263 Å². The van der Waals surface area contributed by atoms with Crippen molar-refractivity contribution in [3.05, 3.63) is 102 Å². The van der Waals surface area contributed by atoms with Crippen LogP contribution in [0, 0.1) is 0 Å². The Morgan fingerprint density at radius 3 is 2.65 bits per heavy atom. The van der Waals surface area contributed by atoms with E-state index in [0.717, 1.165) is 5.56 Å². The first-order valence-electron chi connectivity index (χ1n) is 14.3. The maximum absolute atomic E-state index is 12.9. The van der Waals surface area contributed by atoms with Crippen molar-refractivity contribution in [2.75, 3.05) is 38.7 Å². The van der Waals surface area contributed by atoms with Gasteiger partial charge in [-0.1, -0.05) is 0 Å². The van der Waals surface area contributed by atoms with Gasteiger partial charge in [-0.25, -0.2) is 9.98 Å². The van der Waals surface area contributed by atoms with E-state index < -0.39 is 0 Å². The molecule has 0 radical (unpaired) electrons. The number of aliphatic imine (C=N–C) groups is 2. The Balaban J connectivity index is 1.06. The van der Waals surface area contributed by atoms with E-state index in [-0.39, 0.29) is 30.9 Å². The van der Waals surface area contributed by atoms with Gasteiger partial charge < -0.3 is 25.1 Å². The monoisotopic (exact) mass is 619 g/mol. The quantitative estimate of drug-likeness (QED) is 0.155. The van der Waals surface area contributed by atoms with Crippen LogP contribution in [0.1, 0.15) is 32.1 Å². The molecular weight excluding hydrogens is 590 g/mol. The van der Waals surface area contributed by atoms with E-state index in [1.54, 1.807) is 67.1 Å². The number of aromatic nitrogens is 3. The highest BCUT2D eigenvalue weighted by Crippen LogP contribution is 2.43. The highest BCUT2D eigenvalue weighted by Gasteiger charge is 2.33. The summed E-state index contributed by atoms with van der Waals surface area (Å²) in [4.78, 5) is 59.8. The number of aromatic amines is 1. The van der Waals surface area contributed by atoms with Crippen LogP contribution < -0.4 is 25.4 Å². The van der Waals surface area contributed by atoms with Crippen LogP contribution in [0.2, 0.25) is 0 Å². The molecule has 232 valence electrons. The summed E-state index contributed by atoms with van der Waals surface area (Å²) in [6.07, 6.45) is 9.26. The van der Waals surface area contributed by atoms with Crippen LogP contribution in [-0.4, -0.2) is 82.7 Å². The van der Waals surface area contributed by atoms with Gasteiger partial charge in [-0.05, 0) is 54.6 Å². The Kier molecular flexibility index (Phi) is 8.76. The van der Waals surface area contributed by atoms with Crippen molar-refractivity contribution in [3.8, 4) is 11.5 Å². The molecule has 0 bridgehead atoms. The maximum atomic E-state index is 12.9. The lowest BCUT2D eigenvalue weighted by atomic mass is 10.1. The summed E-state index contributed by atoms with van der Waals surface area (Å²) in [6, 6.07) is 13.5. The molecule has 4 heterocycles. The molecule has 14 nitrogen and oxygen atoms in total. The molecule has 6 rings (SSSR count). The molecule has 2 aromatic heterocycles. The minimum atomic E-state index is -0.346. The van der Waals surface area contributed by atoms with Crippen molar-refractivity contribution in [2.45, 2.75) is 0 Å². The number of H-pyrrole nitrogens is 1. The standard InChI is InChI=1S/C32H29N9O5/c1-45-28-24(9-8-23-27(28)39-32(41-17-15-36-29(23)41)40-31(44)21-3-2-12-33-19-21)46-18-16-37-30(43)20-4-6-22(7-5-20)38-26(42)11-10-25-34-13-14-35-25/h2-14,19H,15-18H2,1H3,(H,34,35)(H,37,43)(H,38,42)(H,39,40,44). The number of fused-ring (bicyclic) bond motifs is 3. The summed E-state index contributed by atoms with van der Waals surface area (Å²) < 4.78 is 11.7. The number of nitrogens with one attached hydrogen (secondary N) is 4. The highest BCUT2D eigenvalue weighted by atomic mass is 16.5. The average molecular weight is 620 g/mol. The van der Waals surface area contributed by atoms with Gasteiger partial charge in [-0.3, -0.25) is 34.6 Å². The fraction of sp³-hybridized carbons (Fsp3) is 0.156. The molecule has 2 aliphatic rings. The maximum Gasteiger partial charge on any atom is 0.259 e. The lowest BCUT2D eigenvalue weighted by molar-refractivity contribution is -0.111. The van der Waals surface area contributed by atoms with Crippen LogP contribution in [0.25, 0.3) is 6.08 Å². The summed E-state index contributed by atoms with van der Waals surface area (Å²) in [5.41, 5.74) is 2.60. The van der Waals surface area contributed by atoms with E-state index in [0.29, 0.717) is 64.7 Å². The number of amidine groups is 1. The smallest absolute Gasteiger partial charge is 0.259 e. The third-order valence-corrected chi connectivity index (χ3v) is 6.98. The van der Waals surface area contributed by atoms with Gasteiger partial charge in [0, 0.05) is 54.2 Å². The number of carbonyl (C=O) groups is 3. The van der Waals surface area contributed by atoms with E-state index in [1.165, 1.54) is 19.4 Å². The van der Waals surface area contributed by atoms with Gasteiger partial charge in [-0.2, -0.15) is 0 Å². The van der Waals surface area contributed by atoms with E-state index >= 15 is 0 Å². The van der Waals surface area contributed by atoms with E-state index in [9.17, 15) is 14.4 Å². The molecule has 14 heteroatoms. The lowest BCUT2D eigenvalue weighted by Crippen LogP contribution is -2.47. The van der Waals surface area contributed by atoms with E-state index in [1.807, 2.05) is 11.0 Å². The second kappa shape index (κ2) is 13.5. The molecular formula is C32H29N9O5. The van der Waals surface area contributed by atoms with Gasteiger partial charge in [-0.15, -0.1) is 0 Å². The summed E-state index contributed by atoms with van der Waals surface area (Å²) >= 11 is 0. The molecule has 46 heavy (non-hydrogen) atoms. The van der Waals surface area contributed by atoms with Crippen molar-refractivity contribution in [2.24, 2.45) is 9.98 Å². The third kappa shape index (κ3) is 6.60. The molecule has 0 unspecified atom stereocenters. The molecule has 4 aromatic rings. The number of guanidine groups is 1. The lowest BCUT2D eigenvalue weighted by Gasteiger charge is -2.28. The Morgan fingerprint density at radius 2 is 1.89 bits per heavy atom. The van der Waals surface area contributed by atoms with Gasteiger partial charge in [0.15, 0.2) is 11.5 Å². The number of methoxy groups -OCH3 is 1. The van der Waals surface area contributed by atoms with Crippen LogP contribution in [-0.2, 0) is 4.79 Å². The largest absolute Gasteiger partial charge is 0.491 e. The van der Waals surface area contributed by atoms with Gasteiger partial charge in [0.05, 0.1) is 25.8 Å². The van der Waals surface area contributed by atoms with Crippen LogP contribution in [0.4, 0.5) is 11.4 Å². The zero-order chi connectivity index (χ0) is 31.9. The zero-order valence-corrected chi connectivity index (χ0v) is 24.7. The molecule has 4 N–H and O–H groups in total. The van der Waals surface area contributed by atoms with Gasteiger partial charge in [0.2, 0.25) is 11.9 Å². The number of nitrogens with zero attached hydrogens (tertiary/aromatic N) is 5. The van der Waals surface area contributed by atoms with Crippen molar-refractivity contribution in [1.82, 2.24) is 30.5 Å². The third-order valence-electron chi connectivity index (χ3n) is 6.98. The number of rotatable bonds is 10. The Bertz CT molecular complexity index is 1840. The zero-order valence-electron chi connectivity index (χ0n) is 24.7. The van der Waals surface area contributed by atoms with Crippen LogP contribution in [0.5, 0.6) is 11.5 Å². The summed E-state index contributed by atoms with van der Waals surface area (Å²) in [7, 11) is 1.51. The van der Waals surface area contributed by atoms with Crippen LogP contribution in [0.15, 0.2) is 89.4 Å². The molecule has 0 fully saturated rings.